The fourth-order valence-electron chi connectivity index (χ4n) is 3.59. The van der Waals surface area contributed by atoms with Crippen molar-refractivity contribution < 1.29 is 13.9 Å². The standard InChI is InChI=1S/C18H27FN2O2/c1-5-21(15-8-6-14(20-3)7-9-15)17-11-13(19)10-16(12(17)2)18(22)23-4/h10-11,14-15,20H,5-9H2,1-4H3. The fourth-order valence-corrected chi connectivity index (χ4v) is 3.59. The van der Waals surface area contributed by atoms with Crippen LogP contribution in [0.1, 0.15) is 48.5 Å². The number of rotatable bonds is 5. The molecule has 0 saturated heterocycles. The second-order valence-corrected chi connectivity index (χ2v) is 6.17. The van der Waals surface area contributed by atoms with Gasteiger partial charge in [-0.3, -0.25) is 0 Å². The molecule has 0 amide bonds. The minimum Gasteiger partial charge on any atom is -0.465 e. The Bertz CT molecular complexity index is 554. The highest BCUT2D eigenvalue weighted by Crippen LogP contribution is 2.32. The van der Waals surface area contributed by atoms with E-state index in [4.69, 9.17) is 4.74 Å². The van der Waals surface area contributed by atoms with Crippen molar-refractivity contribution in [3.8, 4) is 0 Å². The molecule has 0 aromatic heterocycles. The van der Waals surface area contributed by atoms with Gasteiger partial charge in [-0.1, -0.05) is 0 Å². The molecule has 1 saturated carbocycles. The zero-order valence-electron chi connectivity index (χ0n) is 14.5. The minimum atomic E-state index is -0.488. The molecule has 0 spiro atoms. The number of anilines is 1. The predicted molar refractivity (Wildman–Crippen MR) is 90.6 cm³/mol. The van der Waals surface area contributed by atoms with Gasteiger partial charge in [-0.15, -0.1) is 0 Å². The molecule has 1 aromatic carbocycles. The lowest BCUT2D eigenvalue weighted by Crippen LogP contribution is -2.42. The van der Waals surface area contributed by atoms with E-state index < -0.39 is 11.8 Å². The summed E-state index contributed by atoms with van der Waals surface area (Å²) in [5.74, 6) is -0.883. The van der Waals surface area contributed by atoms with Crippen LogP contribution in [0.25, 0.3) is 0 Å². The lowest BCUT2D eigenvalue weighted by atomic mass is 9.89. The third-order valence-electron chi connectivity index (χ3n) is 4.95. The van der Waals surface area contributed by atoms with Gasteiger partial charge in [0.15, 0.2) is 0 Å². The molecule has 1 N–H and O–H groups in total. The highest BCUT2D eigenvalue weighted by molar-refractivity contribution is 5.92. The van der Waals surface area contributed by atoms with Gasteiger partial charge in [0.25, 0.3) is 0 Å². The second-order valence-electron chi connectivity index (χ2n) is 6.17. The Kier molecular flexibility index (Phi) is 5.99. The zero-order chi connectivity index (χ0) is 17.0. The molecule has 1 aliphatic carbocycles. The molecule has 1 fully saturated rings. The van der Waals surface area contributed by atoms with Crippen LogP contribution < -0.4 is 10.2 Å². The quantitative estimate of drug-likeness (QED) is 0.845. The average molecular weight is 322 g/mol. The van der Waals surface area contributed by atoms with Crippen LogP contribution in [0.3, 0.4) is 0 Å². The van der Waals surface area contributed by atoms with Gasteiger partial charge in [0, 0.05) is 24.3 Å². The Labute approximate surface area is 138 Å². The van der Waals surface area contributed by atoms with Crippen LogP contribution in [0.4, 0.5) is 10.1 Å². The summed E-state index contributed by atoms with van der Waals surface area (Å²) < 4.78 is 18.8. The first-order chi connectivity index (χ1) is 11.0. The van der Waals surface area contributed by atoms with E-state index in [-0.39, 0.29) is 0 Å². The van der Waals surface area contributed by atoms with Gasteiger partial charge in [-0.25, -0.2) is 9.18 Å². The lowest BCUT2D eigenvalue weighted by Gasteiger charge is -2.38. The Balaban J connectivity index is 2.31. The van der Waals surface area contributed by atoms with E-state index >= 15 is 0 Å². The van der Waals surface area contributed by atoms with Gasteiger partial charge in [0.2, 0.25) is 0 Å². The molecule has 0 bridgehead atoms. The van der Waals surface area contributed by atoms with Gasteiger partial charge in [-0.2, -0.15) is 0 Å². The third kappa shape index (κ3) is 3.83. The molecule has 0 atom stereocenters. The third-order valence-corrected chi connectivity index (χ3v) is 4.95. The van der Waals surface area contributed by atoms with Crippen molar-refractivity contribution in [1.29, 1.82) is 0 Å². The van der Waals surface area contributed by atoms with E-state index in [9.17, 15) is 9.18 Å². The number of hydrogen-bond donors (Lipinski definition) is 1. The monoisotopic (exact) mass is 322 g/mol. The molecule has 0 aliphatic heterocycles. The maximum Gasteiger partial charge on any atom is 0.338 e. The molecular weight excluding hydrogens is 295 g/mol. The average Bonchev–Trinajstić information content (AvgIpc) is 2.58. The van der Waals surface area contributed by atoms with Crippen LogP contribution in [0.2, 0.25) is 0 Å². The van der Waals surface area contributed by atoms with Crippen LogP contribution in [-0.2, 0) is 4.74 Å². The van der Waals surface area contributed by atoms with Crippen molar-refractivity contribution in [2.24, 2.45) is 0 Å². The largest absolute Gasteiger partial charge is 0.465 e. The maximum atomic E-state index is 14.0. The summed E-state index contributed by atoms with van der Waals surface area (Å²) >= 11 is 0. The van der Waals surface area contributed by atoms with E-state index in [2.05, 4.69) is 17.1 Å². The molecule has 1 aromatic rings. The molecule has 0 heterocycles. The molecule has 4 nitrogen and oxygen atoms in total. The van der Waals surface area contributed by atoms with Crippen molar-refractivity contribution in [1.82, 2.24) is 5.32 Å². The van der Waals surface area contributed by atoms with Crippen LogP contribution in [0, 0.1) is 12.7 Å². The number of methoxy groups -OCH3 is 1. The van der Waals surface area contributed by atoms with Crippen LogP contribution >= 0.6 is 0 Å². The van der Waals surface area contributed by atoms with Crippen LogP contribution in [0.15, 0.2) is 12.1 Å². The molecule has 2 rings (SSSR count). The van der Waals surface area contributed by atoms with Crippen molar-refractivity contribution in [3.05, 3.63) is 29.1 Å². The van der Waals surface area contributed by atoms with Crippen LogP contribution in [-0.4, -0.2) is 38.8 Å². The maximum absolute atomic E-state index is 14.0. The topological polar surface area (TPSA) is 41.6 Å². The normalized spacial score (nSPS) is 21.1. The van der Waals surface area contributed by atoms with Gasteiger partial charge >= 0.3 is 5.97 Å². The number of benzene rings is 1. The molecule has 128 valence electrons. The van der Waals surface area contributed by atoms with Gasteiger partial charge in [0.1, 0.15) is 5.82 Å². The zero-order valence-corrected chi connectivity index (χ0v) is 14.5. The number of carbonyl (C=O) groups excluding carboxylic acids is 1. The van der Waals surface area contributed by atoms with Crippen molar-refractivity contribution >= 4 is 11.7 Å². The first-order valence-corrected chi connectivity index (χ1v) is 8.34. The number of halogens is 1. The number of nitrogens with one attached hydrogen (secondary N) is 1. The highest BCUT2D eigenvalue weighted by Gasteiger charge is 2.27. The first-order valence-electron chi connectivity index (χ1n) is 8.34. The summed E-state index contributed by atoms with van der Waals surface area (Å²) in [5.41, 5.74) is 1.90. The summed E-state index contributed by atoms with van der Waals surface area (Å²) in [6.07, 6.45) is 4.39. The molecule has 1 aliphatic rings. The van der Waals surface area contributed by atoms with Crippen molar-refractivity contribution in [2.75, 3.05) is 25.6 Å². The van der Waals surface area contributed by atoms with E-state index in [1.54, 1.807) is 0 Å². The fraction of sp³-hybridized carbons (Fsp3) is 0.611. The van der Waals surface area contributed by atoms with Gasteiger partial charge in [0.05, 0.1) is 12.7 Å². The Morgan fingerprint density at radius 1 is 1.35 bits per heavy atom. The molecular formula is C18H27FN2O2. The lowest BCUT2D eigenvalue weighted by molar-refractivity contribution is 0.0599. The van der Waals surface area contributed by atoms with E-state index in [1.807, 2.05) is 14.0 Å². The summed E-state index contributed by atoms with van der Waals surface area (Å²) in [5, 5.41) is 3.33. The number of hydrogen-bond acceptors (Lipinski definition) is 4. The predicted octanol–water partition coefficient (Wildman–Crippen LogP) is 3.28. The van der Waals surface area contributed by atoms with Gasteiger partial charge < -0.3 is 15.0 Å². The summed E-state index contributed by atoms with van der Waals surface area (Å²) in [6, 6.07) is 3.76. The smallest absolute Gasteiger partial charge is 0.338 e. The minimum absolute atomic E-state index is 0.310. The molecule has 0 unspecified atom stereocenters. The Morgan fingerprint density at radius 3 is 2.52 bits per heavy atom. The molecule has 0 radical (unpaired) electrons. The Hall–Kier alpha value is -1.62. The summed E-state index contributed by atoms with van der Waals surface area (Å²) in [6.45, 7) is 4.73. The van der Waals surface area contributed by atoms with E-state index in [0.717, 1.165) is 43.5 Å². The Morgan fingerprint density at radius 2 is 2.00 bits per heavy atom. The van der Waals surface area contributed by atoms with Crippen molar-refractivity contribution in [2.45, 2.75) is 51.6 Å². The van der Waals surface area contributed by atoms with Crippen LogP contribution in [0.5, 0.6) is 0 Å². The first kappa shape index (κ1) is 17.7. The number of esters is 1. The summed E-state index contributed by atoms with van der Waals surface area (Å²) in [4.78, 5) is 14.1. The van der Waals surface area contributed by atoms with Gasteiger partial charge in [-0.05, 0) is 64.3 Å². The number of carbonyl (C=O) groups is 1. The van der Waals surface area contributed by atoms with E-state index in [1.165, 1.54) is 19.2 Å². The summed E-state index contributed by atoms with van der Waals surface area (Å²) in [7, 11) is 3.32. The van der Waals surface area contributed by atoms with Crippen molar-refractivity contribution in [3.63, 3.8) is 0 Å². The number of ether oxygens (including phenoxy) is 1. The highest BCUT2D eigenvalue weighted by atomic mass is 19.1. The molecule has 23 heavy (non-hydrogen) atoms. The molecule has 5 heteroatoms. The second kappa shape index (κ2) is 7.77. The van der Waals surface area contributed by atoms with E-state index in [0.29, 0.717) is 17.6 Å². The SMILES string of the molecule is CCN(c1cc(F)cc(C(=O)OC)c1C)C1CCC(NC)CC1. The number of nitrogens with zero attached hydrogens (tertiary/aromatic N) is 1.